The SMILES string of the molecule is CCCCCCCC/C=C\CCCCCCCCCCCC(=O)OCCCCCCCCCCCCCCCC(=O)NC(CO)C(O)/C=C/CCCCCCCCCCCCCCCCC. The van der Waals surface area contributed by atoms with Crippen LogP contribution < -0.4 is 5.32 Å². The molecule has 2 unspecified atom stereocenters. The lowest BCUT2D eigenvalue weighted by atomic mass is 10.0. The molecule has 0 rings (SSSR count). The van der Waals surface area contributed by atoms with Crippen molar-refractivity contribution in [2.24, 2.45) is 0 Å². The number of esters is 1. The third kappa shape index (κ3) is 51.7. The number of aliphatic hydroxyl groups is 2. The van der Waals surface area contributed by atoms with E-state index >= 15 is 0 Å². The Morgan fingerprint density at radius 1 is 0.409 bits per heavy atom. The van der Waals surface area contributed by atoms with Crippen LogP contribution in [0.25, 0.3) is 0 Å². The van der Waals surface area contributed by atoms with Gasteiger partial charge in [-0.05, 0) is 57.8 Å². The van der Waals surface area contributed by atoms with E-state index in [0.29, 0.717) is 19.4 Å². The average molecular weight is 931 g/mol. The Morgan fingerprint density at radius 2 is 0.712 bits per heavy atom. The summed E-state index contributed by atoms with van der Waals surface area (Å²) in [5.41, 5.74) is 0. The quantitative estimate of drug-likeness (QED) is 0.0321. The smallest absolute Gasteiger partial charge is 0.305 e. The second-order valence-corrected chi connectivity index (χ2v) is 20.3. The van der Waals surface area contributed by atoms with Crippen LogP contribution >= 0.6 is 0 Å². The van der Waals surface area contributed by atoms with Gasteiger partial charge >= 0.3 is 5.97 Å². The lowest BCUT2D eigenvalue weighted by Gasteiger charge is -2.20. The first kappa shape index (κ1) is 64.3. The summed E-state index contributed by atoms with van der Waals surface area (Å²) < 4.78 is 5.49. The van der Waals surface area contributed by atoms with Crippen LogP contribution in [0, 0.1) is 0 Å². The van der Waals surface area contributed by atoms with Crippen LogP contribution in [0.5, 0.6) is 0 Å². The second kappa shape index (κ2) is 55.9. The summed E-state index contributed by atoms with van der Waals surface area (Å²) in [5, 5.41) is 23.1. The van der Waals surface area contributed by atoms with E-state index in [1.54, 1.807) is 6.08 Å². The van der Waals surface area contributed by atoms with Crippen LogP contribution in [-0.4, -0.2) is 47.4 Å². The number of amides is 1. The van der Waals surface area contributed by atoms with Crippen LogP contribution in [0.15, 0.2) is 24.3 Å². The predicted molar refractivity (Wildman–Crippen MR) is 287 cm³/mol. The summed E-state index contributed by atoms with van der Waals surface area (Å²) in [4.78, 5) is 24.6. The zero-order chi connectivity index (χ0) is 47.9. The van der Waals surface area contributed by atoms with E-state index in [0.717, 1.165) is 57.8 Å². The first-order valence-electron chi connectivity index (χ1n) is 29.6. The van der Waals surface area contributed by atoms with Gasteiger partial charge in [0, 0.05) is 12.8 Å². The van der Waals surface area contributed by atoms with Gasteiger partial charge in [-0.2, -0.15) is 0 Å². The Morgan fingerprint density at radius 3 is 1.08 bits per heavy atom. The van der Waals surface area contributed by atoms with Crippen molar-refractivity contribution in [1.29, 1.82) is 0 Å². The number of carbonyl (C=O) groups is 2. The minimum atomic E-state index is -0.853. The summed E-state index contributed by atoms with van der Waals surface area (Å²) >= 11 is 0. The molecule has 6 heteroatoms. The van der Waals surface area contributed by atoms with Crippen molar-refractivity contribution in [3.63, 3.8) is 0 Å². The largest absolute Gasteiger partial charge is 0.466 e. The molecule has 0 fully saturated rings. The minimum absolute atomic E-state index is 0.00684. The molecule has 6 nitrogen and oxygen atoms in total. The first-order valence-corrected chi connectivity index (χ1v) is 29.6. The monoisotopic (exact) mass is 930 g/mol. The number of hydrogen-bond donors (Lipinski definition) is 3. The first-order chi connectivity index (χ1) is 32.5. The molecule has 390 valence electrons. The Hall–Kier alpha value is -1.66. The fraction of sp³-hybridized carbons (Fsp3) is 0.900. The third-order valence-electron chi connectivity index (χ3n) is 13.7. The molecule has 0 heterocycles. The van der Waals surface area contributed by atoms with Crippen molar-refractivity contribution >= 4 is 11.9 Å². The van der Waals surface area contributed by atoms with Gasteiger partial charge in [0.1, 0.15) is 0 Å². The summed E-state index contributed by atoms with van der Waals surface area (Å²) in [6, 6.07) is -0.638. The lowest BCUT2D eigenvalue weighted by Crippen LogP contribution is -2.45. The van der Waals surface area contributed by atoms with E-state index in [9.17, 15) is 19.8 Å². The Balaban J connectivity index is 3.46. The highest BCUT2D eigenvalue weighted by atomic mass is 16.5. The summed E-state index contributed by atoms with van der Waals surface area (Å²) in [6.07, 6.45) is 67.7. The zero-order valence-corrected chi connectivity index (χ0v) is 44.4. The minimum Gasteiger partial charge on any atom is -0.466 e. The molecule has 0 aromatic heterocycles. The van der Waals surface area contributed by atoms with Gasteiger partial charge in [-0.15, -0.1) is 0 Å². The van der Waals surface area contributed by atoms with Crippen molar-refractivity contribution in [1.82, 2.24) is 5.32 Å². The molecule has 2 atom stereocenters. The van der Waals surface area contributed by atoms with Crippen molar-refractivity contribution in [3.8, 4) is 0 Å². The van der Waals surface area contributed by atoms with Gasteiger partial charge < -0.3 is 20.3 Å². The van der Waals surface area contributed by atoms with Crippen molar-refractivity contribution < 1.29 is 24.5 Å². The van der Waals surface area contributed by atoms with Gasteiger partial charge in [0.05, 0.1) is 25.4 Å². The van der Waals surface area contributed by atoms with Crippen LogP contribution in [-0.2, 0) is 14.3 Å². The highest BCUT2D eigenvalue weighted by Gasteiger charge is 2.18. The van der Waals surface area contributed by atoms with E-state index in [4.69, 9.17) is 4.74 Å². The number of aliphatic hydroxyl groups excluding tert-OH is 2. The molecule has 3 N–H and O–H groups in total. The van der Waals surface area contributed by atoms with Gasteiger partial charge in [-0.3, -0.25) is 9.59 Å². The van der Waals surface area contributed by atoms with Crippen LogP contribution in [0.1, 0.15) is 322 Å². The molecule has 0 aliphatic rings. The molecular formula is C60H115NO5. The molecule has 1 amide bonds. The van der Waals surface area contributed by atoms with Crippen molar-refractivity contribution in [3.05, 3.63) is 24.3 Å². The number of ether oxygens (including phenoxy) is 1. The van der Waals surface area contributed by atoms with E-state index in [-0.39, 0.29) is 18.5 Å². The molecule has 0 aliphatic carbocycles. The molecule has 0 bridgehead atoms. The molecular weight excluding hydrogens is 815 g/mol. The second-order valence-electron chi connectivity index (χ2n) is 20.3. The van der Waals surface area contributed by atoms with Gasteiger partial charge in [0.2, 0.25) is 5.91 Å². The predicted octanol–water partition coefficient (Wildman–Crippen LogP) is 18.2. The molecule has 0 spiro atoms. The zero-order valence-electron chi connectivity index (χ0n) is 44.4. The number of allylic oxidation sites excluding steroid dienone is 3. The van der Waals surface area contributed by atoms with E-state index in [1.165, 1.54) is 238 Å². The molecule has 0 saturated heterocycles. The molecule has 0 aromatic carbocycles. The molecule has 66 heavy (non-hydrogen) atoms. The van der Waals surface area contributed by atoms with Gasteiger partial charge in [-0.1, -0.05) is 276 Å². The van der Waals surface area contributed by atoms with Gasteiger partial charge in [-0.25, -0.2) is 0 Å². The van der Waals surface area contributed by atoms with Gasteiger partial charge in [0.25, 0.3) is 0 Å². The maximum Gasteiger partial charge on any atom is 0.305 e. The highest BCUT2D eigenvalue weighted by Crippen LogP contribution is 2.17. The van der Waals surface area contributed by atoms with Crippen LogP contribution in [0.4, 0.5) is 0 Å². The number of nitrogens with one attached hydrogen (secondary N) is 1. The molecule has 0 aliphatic heterocycles. The van der Waals surface area contributed by atoms with E-state index < -0.39 is 12.1 Å². The maximum atomic E-state index is 12.5. The Kier molecular flexibility index (Phi) is 54.5. The summed E-state index contributed by atoms with van der Waals surface area (Å²) in [7, 11) is 0. The summed E-state index contributed by atoms with van der Waals surface area (Å²) in [6.45, 7) is 4.89. The molecule has 0 aromatic rings. The number of hydrogen-bond acceptors (Lipinski definition) is 5. The Bertz CT molecular complexity index is 1030. The van der Waals surface area contributed by atoms with Crippen molar-refractivity contribution in [2.75, 3.05) is 13.2 Å². The number of carbonyl (C=O) groups excluding carboxylic acids is 2. The molecule has 0 saturated carbocycles. The Labute approximate surface area is 411 Å². The van der Waals surface area contributed by atoms with Crippen LogP contribution in [0.2, 0.25) is 0 Å². The highest BCUT2D eigenvalue weighted by molar-refractivity contribution is 5.76. The number of unbranched alkanes of at least 4 members (excludes halogenated alkanes) is 42. The summed E-state index contributed by atoms with van der Waals surface area (Å²) in [5.74, 6) is -0.0856. The van der Waals surface area contributed by atoms with Gasteiger partial charge in [0.15, 0.2) is 0 Å². The fourth-order valence-electron chi connectivity index (χ4n) is 9.16. The standard InChI is InChI=1S/C60H115NO5/c1-3-5-7-9-11-13-15-17-19-21-22-24-26-30-34-38-42-46-50-54-60(65)66-55-51-47-43-39-35-31-27-29-33-37-41-45-49-53-59(64)61-57(56-62)58(63)52-48-44-40-36-32-28-25-23-20-18-16-14-12-10-8-6-4-2/h17,19,48,52,57-58,62-63H,3-16,18,20-47,49-51,53-56H2,1-2H3,(H,61,64)/b19-17-,52-48+. The van der Waals surface area contributed by atoms with Crippen LogP contribution in [0.3, 0.4) is 0 Å². The molecule has 0 radical (unpaired) electrons. The lowest BCUT2D eigenvalue weighted by molar-refractivity contribution is -0.143. The third-order valence-corrected chi connectivity index (χ3v) is 13.7. The average Bonchev–Trinajstić information content (AvgIpc) is 3.32. The maximum absolute atomic E-state index is 12.5. The topological polar surface area (TPSA) is 95.9 Å². The van der Waals surface area contributed by atoms with Crippen molar-refractivity contribution in [2.45, 2.75) is 334 Å². The van der Waals surface area contributed by atoms with E-state index in [2.05, 4.69) is 31.3 Å². The van der Waals surface area contributed by atoms with E-state index in [1.807, 2.05) is 6.08 Å². The normalized spacial score (nSPS) is 12.7. The number of rotatable bonds is 55. The fourth-order valence-corrected chi connectivity index (χ4v) is 9.16.